The Bertz CT molecular complexity index is 927. The van der Waals surface area contributed by atoms with Gasteiger partial charge in [-0.05, 0) is 55.8 Å². The first-order valence-electron chi connectivity index (χ1n) is 9.52. The average Bonchev–Trinajstić information content (AvgIpc) is 3.21. The van der Waals surface area contributed by atoms with Crippen molar-refractivity contribution in [1.29, 1.82) is 0 Å². The van der Waals surface area contributed by atoms with E-state index in [1.807, 2.05) is 42.5 Å². The molecular formula is C24H25NO2S. The summed E-state index contributed by atoms with van der Waals surface area (Å²) in [4.78, 5) is 15.0. The molecule has 1 heterocycles. The molecule has 0 saturated heterocycles. The molecule has 3 rings (SSSR count). The van der Waals surface area contributed by atoms with Crippen LogP contribution in [0.4, 0.5) is 5.69 Å². The molecule has 0 saturated carbocycles. The van der Waals surface area contributed by atoms with Gasteiger partial charge in [-0.1, -0.05) is 30.3 Å². The summed E-state index contributed by atoms with van der Waals surface area (Å²) in [5, 5.41) is 0. The summed E-state index contributed by atoms with van der Waals surface area (Å²) in [6.07, 6.45) is 4.96. The predicted molar refractivity (Wildman–Crippen MR) is 119 cm³/mol. The maximum absolute atomic E-state index is 10.9. The van der Waals surface area contributed by atoms with Crippen molar-refractivity contribution in [3.8, 4) is 5.75 Å². The summed E-state index contributed by atoms with van der Waals surface area (Å²) in [5.74, 6) is 0.858. The van der Waals surface area contributed by atoms with Crippen LogP contribution in [0.2, 0.25) is 0 Å². The van der Waals surface area contributed by atoms with Gasteiger partial charge >= 0.3 is 0 Å². The molecule has 0 unspecified atom stereocenters. The molecule has 0 aliphatic rings. The number of ether oxygens (including phenoxy) is 1. The fraction of sp³-hybridized carbons (Fsp3) is 0.208. The smallest absolute Gasteiger partial charge is 0.160 e. The Hall–Kier alpha value is -2.85. The predicted octanol–water partition coefficient (Wildman–Crippen LogP) is 6.16. The molecule has 0 aliphatic heterocycles. The highest BCUT2D eigenvalue weighted by molar-refractivity contribution is 7.14. The number of carbonyl (C=O) groups excluding carboxylic acids is 1. The van der Waals surface area contributed by atoms with Gasteiger partial charge in [-0.15, -0.1) is 11.3 Å². The van der Waals surface area contributed by atoms with E-state index in [1.54, 1.807) is 0 Å². The lowest BCUT2D eigenvalue weighted by molar-refractivity contribution is 0.112. The standard InChI is InChI=1S/C24H25NO2S/c1-3-25(4-2)21-12-10-20(11-13-22-14-15-23(17-26)28-22)24(16-21)27-18-19-8-6-5-7-9-19/h5-17H,3-4,18H2,1-2H3/b13-11+. The van der Waals surface area contributed by atoms with Crippen LogP contribution in [-0.2, 0) is 6.61 Å². The Balaban J connectivity index is 1.87. The molecule has 0 spiro atoms. The number of hydrogen-bond donors (Lipinski definition) is 0. The normalized spacial score (nSPS) is 10.9. The average molecular weight is 392 g/mol. The van der Waals surface area contributed by atoms with Gasteiger partial charge in [-0.3, -0.25) is 4.79 Å². The van der Waals surface area contributed by atoms with Crippen molar-refractivity contribution in [3.05, 3.63) is 81.5 Å². The summed E-state index contributed by atoms with van der Waals surface area (Å²) in [5.41, 5.74) is 3.32. The molecule has 0 amide bonds. The third-order valence-electron chi connectivity index (χ3n) is 4.55. The Kier molecular flexibility index (Phi) is 7.04. The SMILES string of the molecule is CCN(CC)c1ccc(/C=C/c2ccc(C=O)s2)c(OCc2ccccc2)c1. The molecule has 144 valence electrons. The Labute approximate surface area is 170 Å². The van der Waals surface area contributed by atoms with Gasteiger partial charge in [0.15, 0.2) is 6.29 Å². The molecule has 28 heavy (non-hydrogen) atoms. The van der Waals surface area contributed by atoms with Gasteiger partial charge in [0.1, 0.15) is 12.4 Å². The lowest BCUT2D eigenvalue weighted by atomic mass is 10.1. The Morgan fingerprint density at radius 2 is 1.68 bits per heavy atom. The number of hydrogen-bond acceptors (Lipinski definition) is 4. The summed E-state index contributed by atoms with van der Waals surface area (Å²) in [7, 11) is 0. The van der Waals surface area contributed by atoms with E-state index in [1.165, 1.54) is 11.3 Å². The van der Waals surface area contributed by atoms with E-state index < -0.39 is 0 Å². The molecule has 0 fully saturated rings. The lowest BCUT2D eigenvalue weighted by Crippen LogP contribution is -2.21. The van der Waals surface area contributed by atoms with E-state index in [0.717, 1.165) is 51.7 Å². The molecule has 4 heteroatoms. The van der Waals surface area contributed by atoms with Gasteiger partial charge in [0.25, 0.3) is 0 Å². The summed E-state index contributed by atoms with van der Waals surface area (Å²) in [6.45, 7) is 6.74. The van der Waals surface area contributed by atoms with Gasteiger partial charge in [0.05, 0.1) is 4.88 Å². The minimum absolute atomic E-state index is 0.525. The minimum Gasteiger partial charge on any atom is -0.488 e. The fourth-order valence-electron chi connectivity index (χ4n) is 3.00. The van der Waals surface area contributed by atoms with E-state index in [-0.39, 0.29) is 0 Å². The quantitative estimate of drug-likeness (QED) is 0.409. The van der Waals surface area contributed by atoms with Crippen LogP contribution in [0.25, 0.3) is 12.2 Å². The van der Waals surface area contributed by atoms with Crippen LogP contribution in [-0.4, -0.2) is 19.4 Å². The van der Waals surface area contributed by atoms with Crippen molar-refractivity contribution in [2.75, 3.05) is 18.0 Å². The zero-order chi connectivity index (χ0) is 19.8. The number of benzene rings is 2. The van der Waals surface area contributed by atoms with E-state index in [4.69, 9.17) is 4.74 Å². The maximum atomic E-state index is 10.9. The van der Waals surface area contributed by atoms with Crippen LogP contribution >= 0.6 is 11.3 Å². The number of thiophene rings is 1. The Morgan fingerprint density at radius 1 is 0.929 bits per heavy atom. The monoisotopic (exact) mass is 391 g/mol. The number of aldehydes is 1. The second-order valence-electron chi connectivity index (χ2n) is 6.36. The molecule has 2 aromatic carbocycles. The van der Waals surface area contributed by atoms with Crippen LogP contribution in [0.3, 0.4) is 0 Å². The molecular weight excluding hydrogens is 366 g/mol. The van der Waals surface area contributed by atoms with Gasteiger partial charge in [-0.2, -0.15) is 0 Å². The van der Waals surface area contributed by atoms with Crippen molar-refractivity contribution in [2.45, 2.75) is 20.5 Å². The van der Waals surface area contributed by atoms with Crippen LogP contribution in [0.1, 0.15) is 39.5 Å². The minimum atomic E-state index is 0.525. The van der Waals surface area contributed by atoms with Gasteiger partial charge in [0.2, 0.25) is 0 Å². The van der Waals surface area contributed by atoms with Crippen molar-refractivity contribution in [1.82, 2.24) is 0 Å². The highest BCUT2D eigenvalue weighted by atomic mass is 32.1. The first kappa shape index (κ1) is 19.9. The van der Waals surface area contributed by atoms with Crippen LogP contribution < -0.4 is 9.64 Å². The summed E-state index contributed by atoms with van der Waals surface area (Å²) >= 11 is 1.48. The first-order valence-corrected chi connectivity index (χ1v) is 10.3. The fourth-order valence-corrected chi connectivity index (χ4v) is 3.73. The van der Waals surface area contributed by atoms with E-state index in [0.29, 0.717) is 6.61 Å². The number of anilines is 1. The molecule has 0 N–H and O–H groups in total. The first-order chi connectivity index (χ1) is 13.7. The molecule has 0 bridgehead atoms. The zero-order valence-electron chi connectivity index (χ0n) is 16.3. The van der Waals surface area contributed by atoms with E-state index in [2.05, 4.69) is 49.1 Å². The topological polar surface area (TPSA) is 29.5 Å². The molecule has 1 aromatic heterocycles. The van der Waals surface area contributed by atoms with Crippen molar-refractivity contribution in [2.24, 2.45) is 0 Å². The molecule has 0 atom stereocenters. The van der Waals surface area contributed by atoms with E-state index in [9.17, 15) is 4.79 Å². The second-order valence-corrected chi connectivity index (χ2v) is 7.51. The van der Waals surface area contributed by atoms with E-state index >= 15 is 0 Å². The summed E-state index contributed by atoms with van der Waals surface area (Å²) in [6, 6.07) is 20.3. The molecule has 3 nitrogen and oxygen atoms in total. The largest absolute Gasteiger partial charge is 0.488 e. The molecule has 0 aliphatic carbocycles. The van der Waals surface area contributed by atoms with Crippen molar-refractivity contribution < 1.29 is 9.53 Å². The maximum Gasteiger partial charge on any atom is 0.160 e. The third-order valence-corrected chi connectivity index (χ3v) is 5.53. The zero-order valence-corrected chi connectivity index (χ0v) is 17.1. The third kappa shape index (κ3) is 5.11. The number of rotatable bonds is 9. The highest BCUT2D eigenvalue weighted by Gasteiger charge is 2.08. The number of nitrogens with zero attached hydrogens (tertiary/aromatic N) is 1. The number of carbonyl (C=O) groups is 1. The van der Waals surface area contributed by atoms with Crippen LogP contribution in [0.5, 0.6) is 5.75 Å². The Morgan fingerprint density at radius 3 is 2.36 bits per heavy atom. The van der Waals surface area contributed by atoms with Gasteiger partial charge in [-0.25, -0.2) is 0 Å². The van der Waals surface area contributed by atoms with Crippen LogP contribution in [0, 0.1) is 0 Å². The van der Waals surface area contributed by atoms with Crippen molar-refractivity contribution in [3.63, 3.8) is 0 Å². The van der Waals surface area contributed by atoms with Gasteiger partial charge in [0, 0.05) is 35.3 Å². The highest BCUT2D eigenvalue weighted by Crippen LogP contribution is 2.29. The lowest BCUT2D eigenvalue weighted by Gasteiger charge is -2.22. The second kappa shape index (κ2) is 9.90. The summed E-state index contributed by atoms with van der Waals surface area (Å²) < 4.78 is 6.19. The van der Waals surface area contributed by atoms with Crippen LogP contribution in [0.15, 0.2) is 60.7 Å². The van der Waals surface area contributed by atoms with Gasteiger partial charge < -0.3 is 9.64 Å². The van der Waals surface area contributed by atoms with Crippen molar-refractivity contribution >= 4 is 35.5 Å². The molecule has 0 radical (unpaired) electrons. The molecule has 3 aromatic rings.